The van der Waals surface area contributed by atoms with Crippen molar-refractivity contribution in [3.8, 4) is 0 Å². The number of benzene rings is 2. The number of aromatic nitrogens is 1. The van der Waals surface area contributed by atoms with Gasteiger partial charge in [-0.2, -0.15) is 0 Å². The molecule has 1 fully saturated rings. The highest BCUT2D eigenvalue weighted by Crippen LogP contribution is 2.18. The van der Waals surface area contributed by atoms with Crippen LogP contribution in [0.3, 0.4) is 0 Å². The molecule has 1 aliphatic heterocycles. The van der Waals surface area contributed by atoms with Gasteiger partial charge in [-0.15, -0.1) is 0 Å². The lowest BCUT2D eigenvalue weighted by molar-refractivity contribution is -0.111. The van der Waals surface area contributed by atoms with Crippen LogP contribution in [0.4, 0.5) is 11.5 Å². The second-order valence-corrected chi connectivity index (χ2v) is 8.22. The number of pyridine rings is 1. The molecule has 0 saturated carbocycles. The van der Waals surface area contributed by atoms with Gasteiger partial charge in [0.15, 0.2) is 0 Å². The number of hydrogen-bond acceptors (Lipinski definition) is 4. The fourth-order valence-electron chi connectivity index (χ4n) is 3.72. The summed E-state index contributed by atoms with van der Waals surface area (Å²) in [6.07, 6.45) is 5.77. The van der Waals surface area contributed by atoms with Crippen molar-refractivity contribution in [2.24, 2.45) is 0 Å². The summed E-state index contributed by atoms with van der Waals surface area (Å²) < 4.78 is 0. The zero-order valence-corrected chi connectivity index (χ0v) is 18.9. The van der Waals surface area contributed by atoms with Crippen LogP contribution in [0, 0.1) is 0 Å². The molecule has 1 saturated heterocycles. The van der Waals surface area contributed by atoms with E-state index in [-0.39, 0.29) is 11.8 Å². The van der Waals surface area contributed by atoms with Crippen LogP contribution in [-0.4, -0.2) is 47.9 Å². The Morgan fingerprint density at radius 2 is 1.79 bits per heavy atom. The first-order valence-electron chi connectivity index (χ1n) is 10.9. The second kappa shape index (κ2) is 10.8. The molecule has 2 heterocycles. The summed E-state index contributed by atoms with van der Waals surface area (Å²) in [6.45, 7) is 2.78. The monoisotopic (exact) mass is 460 g/mol. The SMILES string of the molecule is O=C(/C=C/c1ccccc1)Nc1ccc(N2CCCN(C(=O)c3cccc(Cl)c3)CC2)nc1. The maximum absolute atomic E-state index is 12.8. The average molecular weight is 461 g/mol. The largest absolute Gasteiger partial charge is 0.355 e. The molecule has 1 N–H and O–H groups in total. The van der Waals surface area contributed by atoms with Crippen molar-refractivity contribution < 1.29 is 9.59 Å². The van der Waals surface area contributed by atoms with Gasteiger partial charge in [-0.05, 0) is 48.4 Å². The van der Waals surface area contributed by atoms with E-state index in [1.54, 1.807) is 36.5 Å². The smallest absolute Gasteiger partial charge is 0.253 e. The Morgan fingerprint density at radius 1 is 0.939 bits per heavy atom. The lowest BCUT2D eigenvalue weighted by Crippen LogP contribution is -2.35. The second-order valence-electron chi connectivity index (χ2n) is 7.78. The van der Waals surface area contributed by atoms with Crippen LogP contribution in [-0.2, 0) is 4.79 Å². The van der Waals surface area contributed by atoms with Crippen LogP contribution < -0.4 is 10.2 Å². The van der Waals surface area contributed by atoms with Crippen LogP contribution >= 0.6 is 11.6 Å². The topological polar surface area (TPSA) is 65.5 Å². The molecule has 2 amide bonds. The van der Waals surface area contributed by atoms with E-state index < -0.39 is 0 Å². The summed E-state index contributed by atoms with van der Waals surface area (Å²) in [5.74, 6) is 0.608. The molecule has 33 heavy (non-hydrogen) atoms. The highest BCUT2D eigenvalue weighted by atomic mass is 35.5. The number of nitrogens with one attached hydrogen (secondary N) is 1. The van der Waals surface area contributed by atoms with E-state index in [0.29, 0.717) is 35.9 Å². The van der Waals surface area contributed by atoms with Gasteiger partial charge >= 0.3 is 0 Å². The molecule has 0 unspecified atom stereocenters. The van der Waals surface area contributed by atoms with Crippen LogP contribution in [0.25, 0.3) is 6.08 Å². The summed E-state index contributed by atoms with van der Waals surface area (Å²) in [4.78, 5) is 33.5. The van der Waals surface area contributed by atoms with Gasteiger partial charge in [0.05, 0.1) is 11.9 Å². The minimum Gasteiger partial charge on any atom is -0.355 e. The van der Waals surface area contributed by atoms with Gasteiger partial charge in [-0.1, -0.05) is 48.0 Å². The Morgan fingerprint density at radius 3 is 2.55 bits per heavy atom. The molecule has 0 spiro atoms. The lowest BCUT2D eigenvalue weighted by atomic mass is 10.2. The van der Waals surface area contributed by atoms with Crippen LogP contribution in [0.1, 0.15) is 22.3 Å². The minimum absolute atomic E-state index is 0.00562. The first-order valence-corrected chi connectivity index (χ1v) is 11.3. The first kappa shape index (κ1) is 22.6. The van der Waals surface area contributed by atoms with Gasteiger partial charge in [0.2, 0.25) is 5.91 Å². The van der Waals surface area contributed by atoms with Crippen molar-refractivity contribution in [1.29, 1.82) is 0 Å². The molecule has 2 aromatic carbocycles. The molecule has 0 aliphatic carbocycles. The fraction of sp³-hybridized carbons (Fsp3) is 0.192. The van der Waals surface area contributed by atoms with Crippen molar-refractivity contribution in [1.82, 2.24) is 9.88 Å². The molecule has 168 valence electrons. The van der Waals surface area contributed by atoms with Crippen molar-refractivity contribution in [3.05, 3.63) is 95.2 Å². The van der Waals surface area contributed by atoms with Gasteiger partial charge in [-0.25, -0.2) is 4.98 Å². The van der Waals surface area contributed by atoms with Crippen molar-refractivity contribution in [2.45, 2.75) is 6.42 Å². The Balaban J connectivity index is 1.33. The van der Waals surface area contributed by atoms with E-state index in [1.165, 1.54) is 6.08 Å². The Kier molecular flexibility index (Phi) is 7.37. The predicted molar refractivity (Wildman–Crippen MR) is 133 cm³/mol. The molecule has 7 heteroatoms. The number of nitrogens with zero attached hydrogens (tertiary/aromatic N) is 3. The zero-order valence-electron chi connectivity index (χ0n) is 18.2. The standard InChI is InChI=1S/C26H25ClN4O2/c27-22-9-4-8-21(18-22)26(33)31-15-5-14-30(16-17-31)24-12-11-23(19-28-24)29-25(32)13-10-20-6-2-1-3-7-20/h1-4,6-13,18-19H,5,14-17H2,(H,29,32)/b13-10+. The number of halogens is 1. The summed E-state index contributed by atoms with van der Waals surface area (Å²) >= 11 is 6.04. The molecule has 4 rings (SSSR count). The molecule has 6 nitrogen and oxygen atoms in total. The van der Waals surface area contributed by atoms with E-state index in [9.17, 15) is 9.59 Å². The van der Waals surface area contributed by atoms with Gasteiger partial charge < -0.3 is 15.1 Å². The molecule has 0 atom stereocenters. The Bertz CT molecular complexity index is 1130. The highest BCUT2D eigenvalue weighted by molar-refractivity contribution is 6.30. The van der Waals surface area contributed by atoms with Crippen LogP contribution in [0.5, 0.6) is 0 Å². The molecule has 0 bridgehead atoms. The van der Waals surface area contributed by atoms with Crippen molar-refractivity contribution in [2.75, 3.05) is 36.4 Å². The molecule has 3 aromatic rings. The highest BCUT2D eigenvalue weighted by Gasteiger charge is 2.21. The van der Waals surface area contributed by atoms with Gasteiger partial charge in [0.25, 0.3) is 5.91 Å². The normalized spacial score (nSPS) is 14.2. The van der Waals surface area contributed by atoms with Crippen LogP contribution in [0.15, 0.2) is 79.0 Å². The van der Waals surface area contributed by atoms with E-state index in [2.05, 4.69) is 15.2 Å². The number of rotatable bonds is 5. The molecule has 0 radical (unpaired) electrons. The third kappa shape index (κ3) is 6.20. The first-order chi connectivity index (χ1) is 16.1. The summed E-state index contributed by atoms with van der Waals surface area (Å²) in [5, 5.41) is 3.39. The predicted octanol–water partition coefficient (Wildman–Crippen LogP) is 4.74. The maximum Gasteiger partial charge on any atom is 0.253 e. The fourth-order valence-corrected chi connectivity index (χ4v) is 3.91. The minimum atomic E-state index is -0.210. The van der Waals surface area contributed by atoms with E-state index in [4.69, 9.17) is 11.6 Å². The van der Waals surface area contributed by atoms with Crippen molar-refractivity contribution in [3.63, 3.8) is 0 Å². The molecular weight excluding hydrogens is 436 g/mol. The molecule has 1 aliphatic rings. The van der Waals surface area contributed by atoms with Gasteiger partial charge in [-0.3, -0.25) is 9.59 Å². The van der Waals surface area contributed by atoms with Crippen molar-refractivity contribution >= 4 is 41.0 Å². The third-order valence-corrected chi connectivity index (χ3v) is 5.66. The lowest BCUT2D eigenvalue weighted by Gasteiger charge is -2.23. The number of carbonyl (C=O) groups is 2. The summed E-state index contributed by atoms with van der Waals surface area (Å²) in [6, 6.07) is 20.4. The van der Waals surface area contributed by atoms with E-state index in [1.807, 2.05) is 47.4 Å². The quantitative estimate of drug-likeness (QED) is 0.558. The number of amides is 2. The third-order valence-electron chi connectivity index (χ3n) is 5.42. The zero-order chi connectivity index (χ0) is 23.0. The number of carbonyl (C=O) groups excluding carboxylic acids is 2. The number of anilines is 2. The molecule has 1 aromatic heterocycles. The summed E-state index contributed by atoms with van der Waals surface area (Å²) in [7, 11) is 0. The number of hydrogen-bond donors (Lipinski definition) is 1. The Labute approximate surface area is 198 Å². The van der Waals surface area contributed by atoms with E-state index >= 15 is 0 Å². The van der Waals surface area contributed by atoms with Crippen LogP contribution in [0.2, 0.25) is 5.02 Å². The Hall–Kier alpha value is -3.64. The average Bonchev–Trinajstić information content (AvgIpc) is 3.10. The van der Waals surface area contributed by atoms with E-state index in [0.717, 1.165) is 24.3 Å². The van der Waals surface area contributed by atoms with Gasteiger partial charge in [0, 0.05) is 42.8 Å². The molecular formula is C26H25ClN4O2. The maximum atomic E-state index is 12.8. The summed E-state index contributed by atoms with van der Waals surface area (Å²) in [5.41, 5.74) is 2.20. The van der Waals surface area contributed by atoms with Gasteiger partial charge in [0.1, 0.15) is 5.82 Å².